The molecule has 5 rings (SSSR count). The first-order valence-electron chi connectivity index (χ1n) is 9.70. The van der Waals surface area contributed by atoms with Gasteiger partial charge in [-0.3, -0.25) is 4.90 Å². The summed E-state index contributed by atoms with van der Waals surface area (Å²) in [6, 6.07) is 11.0. The standard InChI is InChI=1S/C22H23FN4/c23-19-7-3-16(4-8-19)13-27-10-1-2-20(27)15-26-11-9-21-18(14-26)12-24-22(25-21)17-5-6-17/h1-4,7-8,10,12,17H,5-6,9,11,13-15H2. The fourth-order valence-corrected chi connectivity index (χ4v) is 3.83. The van der Waals surface area contributed by atoms with E-state index in [2.05, 4.69) is 32.8 Å². The molecule has 5 heteroatoms. The van der Waals surface area contributed by atoms with Crippen molar-refractivity contribution < 1.29 is 4.39 Å². The second-order valence-corrected chi connectivity index (χ2v) is 7.69. The lowest BCUT2D eigenvalue weighted by Crippen LogP contribution is -2.31. The SMILES string of the molecule is Fc1ccc(Cn2cccc2CN2CCc3nc(C4CC4)ncc3C2)cc1. The Labute approximate surface area is 158 Å². The summed E-state index contributed by atoms with van der Waals surface area (Å²) in [6.07, 6.45) is 7.63. The second kappa shape index (κ2) is 6.89. The van der Waals surface area contributed by atoms with Crippen LogP contribution in [0.3, 0.4) is 0 Å². The van der Waals surface area contributed by atoms with Crippen molar-refractivity contribution in [1.29, 1.82) is 0 Å². The molecule has 1 aromatic carbocycles. The van der Waals surface area contributed by atoms with Crippen LogP contribution in [0.4, 0.5) is 4.39 Å². The summed E-state index contributed by atoms with van der Waals surface area (Å²) in [5, 5.41) is 0. The summed E-state index contributed by atoms with van der Waals surface area (Å²) in [6.45, 7) is 3.59. The molecule has 138 valence electrons. The van der Waals surface area contributed by atoms with Crippen molar-refractivity contribution in [2.24, 2.45) is 0 Å². The molecule has 2 aliphatic rings. The molecule has 1 saturated carbocycles. The predicted molar refractivity (Wildman–Crippen MR) is 102 cm³/mol. The number of hydrogen-bond acceptors (Lipinski definition) is 3. The lowest BCUT2D eigenvalue weighted by molar-refractivity contribution is 0.237. The van der Waals surface area contributed by atoms with Crippen molar-refractivity contribution >= 4 is 0 Å². The molecular formula is C22H23FN4. The van der Waals surface area contributed by atoms with E-state index >= 15 is 0 Å². The largest absolute Gasteiger partial charge is 0.346 e. The van der Waals surface area contributed by atoms with Crippen LogP contribution in [0, 0.1) is 5.82 Å². The molecule has 0 amide bonds. The van der Waals surface area contributed by atoms with Gasteiger partial charge in [-0.05, 0) is 42.7 Å². The molecule has 2 aromatic heterocycles. The van der Waals surface area contributed by atoms with E-state index in [0.29, 0.717) is 5.92 Å². The highest BCUT2D eigenvalue weighted by Gasteiger charge is 2.28. The third kappa shape index (κ3) is 3.65. The van der Waals surface area contributed by atoms with Gasteiger partial charge in [0, 0.05) is 67.9 Å². The van der Waals surface area contributed by atoms with Crippen LogP contribution in [0.15, 0.2) is 48.8 Å². The van der Waals surface area contributed by atoms with Crippen LogP contribution in [0.5, 0.6) is 0 Å². The molecule has 0 N–H and O–H groups in total. The van der Waals surface area contributed by atoms with Crippen molar-refractivity contribution in [2.75, 3.05) is 6.54 Å². The molecule has 3 heterocycles. The number of benzene rings is 1. The molecule has 0 unspecified atom stereocenters. The first-order chi connectivity index (χ1) is 13.2. The highest BCUT2D eigenvalue weighted by atomic mass is 19.1. The van der Waals surface area contributed by atoms with Crippen LogP contribution >= 0.6 is 0 Å². The van der Waals surface area contributed by atoms with Crippen LogP contribution in [0.1, 0.15) is 47.1 Å². The molecule has 0 atom stereocenters. The van der Waals surface area contributed by atoms with Crippen LogP contribution in [0.25, 0.3) is 0 Å². The fourth-order valence-electron chi connectivity index (χ4n) is 3.83. The summed E-state index contributed by atoms with van der Waals surface area (Å²) < 4.78 is 15.4. The van der Waals surface area contributed by atoms with Crippen LogP contribution in [-0.2, 0) is 26.1 Å². The summed E-state index contributed by atoms with van der Waals surface area (Å²) in [5.41, 5.74) is 4.89. The number of fused-ring (bicyclic) bond motifs is 1. The lowest BCUT2D eigenvalue weighted by Gasteiger charge is -2.28. The maximum absolute atomic E-state index is 13.1. The number of halogens is 1. The van der Waals surface area contributed by atoms with Gasteiger partial charge in [0.2, 0.25) is 0 Å². The van der Waals surface area contributed by atoms with E-state index in [-0.39, 0.29) is 5.82 Å². The molecule has 0 radical (unpaired) electrons. The van der Waals surface area contributed by atoms with Gasteiger partial charge in [-0.1, -0.05) is 12.1 Å². The molecule has 0 spiro atoms. The Morgan fingerprint density at radius 2 is 1.93 bits per heavy atom. The van der Waals surface area contributed by atoms with E-state index in [1.54, 1.807) is 0 Å². The minimum Gasteiger partial charge on any atom is -0.346 e. The maximum Gasteiger partial charge on any atom is 0.131 e. The van der Waals surface area contributed by atoms with Gasteiger partial charge in [0.25, 0.3) is 0 Å². The van der Waals surface area contributed by atoms with Crippen LogP contribution < -0.4 is 0 Å². The lowest BCUT2D eigenvalue weighted by atomic mass is 10.1. The van der Waals surface area contributed by atoms with Gasteiger partial charge in [0.05, 0.1) is 0 Å². The first kappa shape index (κ1) is 16.6. The smallest absolute Gasteiger partial charge is 0.131 e. The van der Waals surface area contributed by atoms with Crippen molar-refractivity contribution in [3.8, 4) is 0 Å². The zero-order valence-corrected chi connectivity index (χ0v) is 15.3. The second-order valence-electron chi connectivity index (χ2n) is 7.69. The Balaban J connectivity index is 1.27. The Bertz CT molecular complexity index is 943. The molecule has 0 bridgehead atoms. The zero-order chi connectivity index (χ0) is 18.2. The predicted octanol–water partition coefficient (Wildman–Crippen LogP) is 3.90. The van der Waals surface area contributed by atoms with Crippen molar-refractivity contribution in [2.45, 2.75) is 44.8 Å². The van der Waals surface area contributed by atoms with Gasteiger partial charge in [0.15, 0.2) is 0 Å². The monoisotopic (exact) mass is 362 g/mol. The minimum atomic E-state index is -0.189. The molecule has 27 heavy (non-hydrogen) atoms. The third-order valence-corrected chi connectivity index (χ3v) is 5.55. The van der Waals surface area contributed by atoms with Gasteiger partial charge in [-0.15, -0.1) is 0 Å². The van der Waals surface area contributed by atoms with Crippen molar-refractivity contribution in [3.05, 3.63) is 82.9 Å². The average Bonchev–Trinajstić information content (AvgIpc) is 3.45. The van der Waals surface area contributed by atoms with Gasteiger partial charge >= 0.3 is 0 Å². The Kier molecular flexibility index (Phi) is 4.24. The normalized spacial score (nSPS) is 17.1. The number of hydrogen-bond donors (Lipinski definition) is 0. The fraction of sp³-hybridized carbons (Fsp3) is 0.364. The topological polar surface area (TPSA) is 34.0 Å². The Morgan fingerprint density at radius 3 is 2.74 bits per heavy atom. The summed E-state index contributed by atoms with van der Waals surface area (Å²) in [7, 11) is 0. The van der Waals surface area contributed by atoms with Gasteiger partial charge in [0.1, 0.15) is 11.6 Å². The quantitative estimate of drug-likeness (QED) is 0.690. The van der Waals surface area contributed by atoms with E-state index in [1.165, 1.54) is 41.9 Å². The molecule has 1 aliphatic carbocycles. The Hall–Kier alpha value is -2.53. The molecule has 1 aliphatic heterocycles. The first-order valence-corrected chi connectivity index (χ1v) is 9.70. The molecule has 4 nitrogen and oxygen atoms in total. The van der Waals surface area contributed by atoms with E-state index in [4.69, 9.17) is 4.98 Å². The molecule has 0 saturated heterocycles. The van der Waals surface area contributed by atoms with Crippen LogP contribution in [-0.4, -0.2) is 26.0 Å². The molecular weight excluding hydrogens is 339 g/mol. The number of nitrogens with zero attached hydrogens (tertiary/aromatic N) is 4. The average molecular weight is 362 g/mol. The molecule has 3 aromatic rings. The van der Waals surface area contributed by atoms with Crippen LogP contribution in [0.2, 0.25) is 0 Å². The van der Waals surface area contributed by atoms with E-state index < -0.39 is 0 Å². The minimum absolute atomic E-state index is 0.189. The third-order valence-electron chi connectivity index (χ3n) is 5.55. The number of aromatic nitrogens is 3. The number of rotatable bonds is 5. The summed E-state index contributed by atoms with van der Waals surface area (Å²) in [4.78, 5) is 11.9. The van der Waals surface area contributed by atoms with Crippen molar-refractivity contribution in [1.82, 2.24) is 19.4 Å². The van der Waals surface area contributed by atoms with Gasteiger partial charge in [-0.2, -0.15) is 0 Å². The zero-order valence-electron chi connectivity index (χ0n) is 15.3. The van der Waals surface area contributed by atoms with E-state index in [9.17, 15) is 4.39 Å². The summed E-state index contributed by atoms with van der Waals surface area (Å²) >= 11 is 0. The maximum atomic E-state index is 13.1. The van der Waals surface area contributed by atoms with Gasteiger partial charge in [-0.25, -0.2) is 14.4 Å². The molecule has 1 fully saturated rings. The van der Waals surface area contributed by atoms with Gasteiger partial charge < -0.3 is 4.57 Å². The highest BCUT2D eigenvalue weighted by molar-refractivity contribution is 5.23. The highest BCUT2D eigenvalue weighted by Crippen LogP contribution is 2.38. The van der Waals surface area contributed by atoms with Crippen molar-refractivity contribution in [3.63, 3.8) is 0 Å². The Morgan fingerprint density at radius 1 is 1.07 bits per heavy atom. The van der Waals surface area contributed by atoms with E-state index in [0.717, 1.165) is 44.0 Å². The summed E-state index contributed by atoms with van der Waals surface area (Å²) in [5.74, 6) is 1.48. The van der Waals surface area contributed by atoms with E-state index in [1.807, 2.05) is 18.3 Å².